The Morgan fingerprint density at radius 3 is 2.34 bits per heavy atom. The first-order chi connectivity index (χ1) is 18.6. The monoisotopic (exact) mass is 571 g/mol. The Kier molecular flexibility index (Phi) is 8.41. The molecule has 0 amide bonds. The molecule has 0 radical (unpaired) electrons. The van der Waals surface area contributed by atoms with Crippen LogP contribution in [0.5, 0.6) is 11.5 Å². The lowest BCUT2D eigenvalue weighted by atomic mass is 9.89. The van der Waals surface area contributed by atoms with E-state index in [1.807, 2.05) is 71.8 Å². The van der Waals surface area contributed by atoms with Crippen LogP contribution < -0.4 is 9.47 Å². The third kappa shape index (κ3) is 6.44. The van der Waals surface area contributed by atoms with Crippen molar-refractivity contribution in [1.29, 1.82) is 0 Å². The van der Waals surface area contributed by atoms with Crippen molar-refractivity contribution in [2.75, 3.05) is 13.7 Å². The first-order valence-corrected chi connectivity index (χ1v) is 13.5. The number of fused-ring (bicyclic) bond motifs is 1. The average molecular weight is 572 g/mol. The van der Waals surface area contributed by atoms with Gasteiger partial charge in [0.25, 0.3) is 0 Å². The molecule has 1 aliphatic heterocycles. The number of halogens is 1. The summed E-state index contributed by atoms with van der Waals surface area (Å²) in [5.41, 5.74) is 5.46. The smallest absolute Gasteiger partial charge is 0.329 e. The number of methoxy groups -OCH3 is 1. The summed E-state index contributed by atoms with van der Waals surface area (Å²) in [5.74, 6) is 1.36. The summed E-state index contributed by atoms with van der Waals surface area (Å²) < 4.78 is 12.6. The van der Waals surface area contributed by atoms with Gasteiger partial charge in [-0.3, -0.25) is 0 Å². The summed E-state index contributed by atoms with van der Waals surface area (Å²) >= 11 is 3.73. The molecular formula is C32H30BrNO4. The van der Waals surface area contributed by atoms with Gasteiger partial charge in [-0.2, -0.15) is 0 Å². The highest BCUT2D eigenvalue weighted by Gasteiger charge is 2.31. The second kappa shape index (κ2) is 12.3. The molecule has 1 heterocycles. The molecule has 0 aliphatic carbocycles. The van der Waals surface area contributed by atoms with Crippen LogP contribution >= 0.6 is 15.9 Å². The molecule has 0 bridgehead atoms. The van der Waals surface area contributed by atoms with Gasteiger partial charge in [-0.1, -0.05) is 82.7 Å². The fraction of sp³-hybridized carbons (Fsp3) is 0.219. The third-order valence-corrected chi connectivity index (χ3v) is 7.52. The van der Waals surface area contributed by atoms with E-state index in [1.165, 1.54) is 5.56 Å². The van der Waals surface area contributed by atoms with E-state index < -0.39 is 0 Å². The quantitative estimate of drug-likeness (QED) is 0.219. The van der Waals surface area contributed by atoms with Gasteiger partial charge in [0.1, 0.15) is 18.1 Å². The van der Waals surface area contributed by atoms with Gasteiger partial charge in [0.05, 0.1) is 19.6 Å². The Balaban J connectivity index is 1.38. The van der Waals surface area contributed by atoms with E-state index in [1.54, 1.807) is 7.11 Å². The molecule has 0 aromatic heterocycles. The molecule has 0 saturated carbocycles. The van der Waals surface area contributed by atoms with Crippen molar-refractivity contribution < 1.29 is 19.1 Å². The second-order valence-corrected chi connectivity index (χ2v) is 10.2. The van der Waals surface area contributed by atoms with Crippen molar-refractivity contribution in [3.8, 4) is 11.5 Å². The zero-order valence-corrected chi connectivity index (χ0v) is 22.9. The normalized spacial score (nSPS) is 14.9. The molecule has 6 heteroatoms. The Morgan fingerprint density at radius 2 is 1.61 bits per heavy atom. The molecule has 0 saturated heterocycles. The maximum atomic E-state index is 12.9. The van der Waals surface area contributed by atoms with E-state index >= 15 is 0 Å². The van der Waals surface area contributed by atoms with Gasteiger partial charge in [-0.05, 0) is 71.0 Å². The number of nitrogens with zero attached hydrogens (tertiary/aromatic N) is 1. The zero-order chi connectivity index (χ0) is 26.3. The molecule has 1 atom stereocenters. The predicted octanol–water partition coefficient (Wildman–Crippen LogP) is 6.88. The molecule has 4 aromatic rings. The summed E-state index contributed by atoms with van der Waals surface area (Å²) in [6.07, 6.45) is 1.64. The van der Waals surface area contributed by atoms with Gasteiger partial charge in [-0.15, -0.1) is 5.06 Å². The van der Waals surface area contributed by atoms with Crippen LogP contribution in [0.2, 0.25) is 0 Å². The molecule has 0 fully saturated rings. The minimum Gasteiger partial charge on any atom is -0.497 e. The van der Waals surface area contributed by atoms with Gasteiger partial charge in [-0.25, -0.2) is 4.79 Å². The summed E-state index contributed by atoms with van der Waals surface area (Å²) in [6.45, 7) is 1.10. The van der Waals surface area contributed by atoms with Gasteiger partial charge >= 0.3 is 5.97 Å². The molecule has 1 unspecified atom stereocenters. The van der Waals surface area contributed by atoms with Crippen LogP contribution in [-0.4, -0.2) is 24.7 Å². The van der Waals surface area contributed by atoms with Crippen molar-refractivity contribution in [2.24, 2.45) is 0 Å². The number of hydrogen-bond donors (Lipinski definition) is 0. The maximum Gasteiger partial charge on any atom is 0.329 e. The zero-order valence-electron chi connectivity index (χ0n) is 21.3. The average Bonchev–Trinajstić information content (AvgIpc) is 2.95. The minimum atomic E-state index is -0.267. The second-order valence-electron chi connectivity index (χ2n) is 9.33. The first-order valence-electron chi connectivity index (χ1n) is 12.7. The number of carbonyl (C=O) groups excluding carboxylic acids is 1. The van der Waals surface area contributed by atoms with E-state index in [0.29, 0.717) is 19.6 Å². The van der Waals surface area contributed by atoms with Crippen LogP contribution in [0.4, 0.5) is 0 Å². The Hall–Kier alpha value is -3.61. The predicted molar refractivity (Wildman–Crippen MR) is 151 cm³/mol. The highest BCUT2D eigenvalue weighted by Crippen LogP contribution is 2.37. The number of rotatable bonds is 9. The van der Waals surface area contributed by atoms with Gasteiger partial charge in [0.2, 0.25) is 0 Å². The molecule has 0 N–H and O–H groups in total. The highest BCUT2D eigenvalue weighted by atomic mass is 79.9. The van der Waals surface area contributed by atoms with Crippen LogP contribution in [0.25, 0.3) is 0 Å². The molecule has 38 heavy (non-hydrogen) atoms. The van der Waals surface area contributed by atoms with E-state index in [-0.39, 0.29) is 18.4 Å². The lowest BCUT2D eigenvalue weighted by Crippen LogP contribution is -2.38. The van der Waals surface area contributed by atoms with Gasteiger partial charge in [0.15, 0.2) is 0 Å². The Labute approximate surface area is 232 Å². The fourth-order valence-corrected chi connectivity index (χ4v) is 5.19. The van der Waals surface area contributed by atoms with Crippen molar-refractivity contribution in [3.63, 3.8) is 0 Å². The molecule has 4 aromatic carbocycles. The number of benzene rings is 4. The molecular weight excluding hydrogens is 542 g/mol. The molecule has 1 aliphatic rings. The summed E-state index contributed by atoms with van der Waals surface area (Å²) in [6, 6.07) is 31.8. The summed E-state index contributed by atoms with van der Waals surface area (Å²) in [7, 11) is 1.68. The SMILES string of the molecule is COc1ccc2c(c1)CCN(OC(=O)Cc1ccccc1)C2Cc1cc(OCc2ccccc2)ccc1Br. The Bertz CT molecular complexity index is 1380. The molecule has 5 nitrogen and oxygen atoms in total. The van der Waals surface area contributed by atoms with Crippen molar-refractivity contribution in [1.82, 2.24) is 5.06 Å². The van der Waals surface area contributed by atoms with E-state index in [4.69, 9.17) is 14.3 Å². The molecule has 0 spiro atoms. The van der Waals surface area contributed by atoms with Crippen molar-refractivity contribution in [3.05, 3.63) is 129 Å². The van der Waals surface area contributed by atoms with Crippen molar-refractivity contribution >= 4 is 21.9 Å². The summed E-state index contributed by atoms with van der Waals surface area (Å²) in [4.78, 5) is 18.9. The fourth-order valence-electron chi connectivity index (χ4n) is 4.79. The lowest BCUT2D eigenvalue weighted by Gasteiger charge is -2.36. The highest BCUT2D eigenvalue weighted by molar-refractivity contribution is 9.10. The van der Waals surface area contributed by atoms with Crippen LogP contribution in [0.15, 0.2) is 102 Å². The molecule has 194 valence electrons. The maximum absolute atomic E-state index is 12.9. The van der Waals surface area contributed by atoms with Crippen LogP contribution in [0.1, 0.15) is 33.9 Å². The number of carbonyl (C=O) groups is 1. The van der Waals surface area contributed by atoms with E-state index in [0.717, 1.165) is 44.6 Å². The standard InChI is InChI=1S/C32H30BrNO4/c1-36-27-12-14-29-25(19-27)16-17-34(38-32(35)18-23-8-4-2-5-9-23)31(29)21-26-20-28(13-15-30(26)33)37-22-24-10-6-3-7-11-24/h2-15,19-20,31H,16-18,21-22H2,1H3. The third-order valence-electron chi connectivity index (χ3n) is 6.75. The van der Waals surface area contributed by atoms with Crippen LogP contribution in [0.3, 0.4) is 0 Å². The Morgan fingerprint density at radius 1 is 0.895 bits per heavy atom. The van der Waals surface area contributed by atoms with Crippen LogP contribution in [-0.2, 0) is 35.5 Å². The van der Waals surface area contributed by atoms with Crippen LogP contribution in [0, 0.1) is 0 Å². The van der Waals surface area contributed by atoms with Crippen molar-refractivity contribution in [2.45, 2.75) is 31.9 Å². The largest absolute Gasteiger partial charge is 0.497 e. The van der Waals surface area contributed by atoms with Gasteiger partial charge in [0, 0.05) is 11.0 Å². The molecule has 5 rings (SSSR count). The van der Waals surface area contributed by atoms with E-state index in [9.17, 15) is 4.79 Å². The minimum absolute atomic E-state index is 0.148. The van der Waals surface area contributed by atoms with Gasteiger partial charge < -0.3 is 14.3 Å². The lowest BCUT2D eigenvalue weighted by molar-refractivity contribution is -0.204. The van der Waals surface area contributed by atoms with E-state index in [2.05, 4.69) is 46.3 Å². The first kappa shape index (κ1) is 26.0. The topological polar surface area (TPSA) is 48.0 Å². The number of ether oxygens (including phenoxy) is 2. The summed E-state index contributed by atoms with van der Waals surface area (Å²) in [5, 5.41) is 1.84. The number of hydroxylamine groups is 2. The number of hydrogen-bond acceptors (Lipinski definition) is 5.